The lowest BCUT2D eigenvalue weighted by atomic mass is 9.73. The maximum atomic E-state index is 14.0. The van der Waals surface area contributed by atoms with Crippen LogP contribution in [0, 0.1) is 5.41 Å². The molecule has 0 amide bonds. The molecule has 4 heteroatoms. The highest BCUT2D eigenvalue weighted by Crippen LogP contribution is 2.57. The Kier molecular flexibility index (Phi) is 5.85. The van der Waals surface area contributed by atoms with Crippen LogP contribution in [0.15, 0.2) is 11.4 Å². The monoisotopic (exact) mass is 312 g/mol. The lowest BCUT2D eigenvalue weighted by Gasteiger charge is -2.32. The summed E-state index contributed by atoms with van der Waals surface area (Å²) < 4.78 is 14.0. The van der Waals surface area contributed by atoms with E-state index >= 15 is 0 Å². The van der Waals surface area contributed by atoms with Crippen molar-refractivity contribution in [2.24, 2.45) is 5.41 Å². The Bertz CT molecular complexity index is 453. The van der Waals surface area contributed by atoms with Crippen LogP contribution in [0.1, 0.15) is 47.5 Å². The first-order valence-corrected chi connectivity index (χ1v) is 10.9. The Labute approximate surface area is 127 Å². The van der Waals surface area contributed by atoms with Crippen molar-refractivity contribution in [3.63, 3.8) is 0 Å². The Morgan fingerprint density at radius 3 is 2.40 bits per heavy atom. The van der Waals surface area contributed by atoms with Gasteiger partial charge in [-0.25, -0.2) is 4.39 Å². The number of hydrogen-bond donors (Lipinski definition) is 0. The molecule has 110 valence electrons. The molecule has 0 N–H and O–H groups in total. The normalized spacial score (nSPS) is 28.8. The van der Waals surface area contributed by atoms with Gasteiger partial charge in [0.15, 0.2) is 0 Å². The van der Waals surface area contributed by atoms with Crippen molar-refractivity contribution in [3.05, 3.63) is 11.4 Å². The smallest absolute Gasteiger partial charge is 0.212 e. The third-order valence-corrected chi connectivity index (χ3v) is 10.5. The summed E-state index contributed by atoms with van der Waals surface area (Å²) in [6, 6.07) is 0. The molecule has 0 saturated heterocycles. The van der Waals surface area contributed by atoms with Gasteiger partial charge in [-0.2, -0.15) is 0 Å². The first kappa shape index (κ1) is 18.1. The van der Waals surface area contributed by atoms with Gasteiger partial charge in [0.05, 0.1) is 26.3 Å². The van der Waals surface area contributed by atoms with Gasteiger partial charge in [-0.3, -0.25) is 0 Å². The molecule has 0 saturated carbocycles. The molecule has 0 aliphatic heterocycles. The predicted molar refractivity (Wildman–Crippen MR) is 98.2 cm³/mol. The molecule has 0 aromatic rings. The fourth-order valence-corrected chi connectivity index (χ4v) is 7.93. The minimum atomic E-state index is -0.410. The fourth-order valence-electron chi connectivity index (χ4n) is 3.10. The molecule has 0 nitrogen and oxygen atoms in total. The van der Waals surface area contributed by atoms with Gasteiger partial charge < -0.3 is 0 Å². The van der Waals surface area contributed by atoms with E-state index < -0.39 is 5.82 Å². The highest BCUT2D eigenvalue weighted by atomic mass is 31.2. The molecule has 1 rings (SSSR count). The van der Waals surface area contributed by atoms with Crippen molar-refractivity contribution in [2.45, 2.75) is 58.4 Å². The zero-order valence-electron chi connectivity index (χ0n) is 13.7. The lowest BCUT2D eigenvalue weighted by molar-refractivity contribution is 0.326. The number of allylic oxidation sites excluding steroid dienone is 2. The zero-order chi connectivity index (χ0) is 15.7. The van der Waals surface area contributed by atoms with E-state index in [1.165, 1.54) is 0 Å². The maximum absolute atomic E-state index is 14.0. The van der Waals surface area contributed by atoms with Crippen molar-refractivity contribution >= 4 is 35.5 Å². The molecule has 0 aromatic carbocycles. The van der Waals surface area contributed by atoms with Crippen LogP contribution in [0.25, 0.3) is 0 Å². The lowest BCUT2D eigenvalue weighted by Crippen LogP contribution is -2.28. The largest absolute Gasteiger partial charge is 0.252 e. The van der Waals surface area contributed by atoms with Crippen molar-refractivity contribution in [1.82, 2.24) is 0 Å². The second-order valence-corrected chi connectivity index (χ2v) is 12.4. The van der Waals surface area contributed by atoms with E-state index in [0.717, 1.165) is 30.5 Å². The third-order valence-electron chi connectivity index (χ3n) is 4.76. The molecule has 2 radical (unpaired) electrons. The summed E-state index contributed by atoms with van der Waals surface area (Å²) in [4.78, 5) is 0. The van der Waals surface area contributed by atoms with Crippen LogP contribution in [-0.4, -0.2) is 37.7 Å². The highest BCUT2D eigenvalue weighted by molar-refractivity contribution is 7.73. The first-order chi connectivity index (χ1) is 9.03. The molecule has 0 aromatic heterocycles. The second kappa shape index (κ2) is 6.45. The summed E-state index contributed by atoms with van der Waals surface area (Å²) in [6.07, 6.45) is 11.5. The average molecular weight is 312 g/mol. The third kappa shape index (κ3) is 3.83. The number of rotatable bonds is 6. The van der Waals surface area contributed by atoms with E-state index in [1.54, 1.807) is 0 Å². The zero-order valence-corrected chi connectivity index (χ0v) is 15.5. The van der Waals surface area contributed by atoms with Gasteiger partial charge in [-0.15, -0.1) is 0 Å². The predicted octanol–water partition coefficient (Wildman–Crippen LogP) is 5.57. The Hall–Kier alpha value is 0.0749. The first-order valence-electron chi connectivity index (χ1n) is 7.29. The van der Waals surface area contributed by atoms with Gasteiger partial charge in [0.1, 0.15) is 26.4 Å². The van der Waals surface area contributed by atoms with E-state index in [1.807, 2.05) is 6.92 Å². The van der Waals surface area contributed by atoms with Gasteiger partial charge in [-0.05, 0) is 50.9 Å². The standard InChI is InChI=1S/C16H28BFP2/c1-8-19(6)11-20(7)15(3,4)10-16(5)9-13(17)14(18)12(16)2/h13H,6-11H2,1-5H3/q+2. The summed E-state index contributed by atoms with van der Waals surface area (Å²) in [5, 5.41) is 0.142. The van der Waals surface area contributed by atoms with Gasteiger partial charge >= 0.3 is 0 Å². The summed E-state index contributed by atoms with van der Waals surface area (Å²) in [6.45, 7) is 10.8. The summed E-state index contributed by atoms with van der Waals surface area (Å²) in [5.41, 5.74) is 0.746. The van der Waals surface area contributed by atoms with Crippen molar-refractivity contribution in [3.8, 4) is 0 Å². The number of hydrogen-bond acceptors (Lipinski definition) is 0. The Balaban J connectivity index is 2.86. The molecule has 0 heterocycles. The van der Waals surface area contributed by atoms with Crippen LogP contribution >= 0.6 is 15.1 Å². The van der Waals surface area contributed by atoms with E-state index in [2.05, 4.69) is 40.3 Å². The van der Waals surface area contributed by atoms with Crippen LogP contribution in [0.4, 0.5) is 4.39 Å². The van der Waals surface area contributed by atoms with Gasteiger partial charge in [-0.1, -0.05) is 6.92 Å². The van der Waals surface area contributed by atoms with Crippen LogP contribution in [0.5, 0.6) is 0 Å². The van der Waals surface area contributed by atoms with Gasteiger partial charge in [0.25, 0.3) is 5.90 Å². The molecule has 20 heavy (non-hydrogen) atoms. The van der Waals surface area contributed by atoms with E-state index in [0.29, 0.717) is 0 Å². The van der Waals surface area contributed by atoms with Gasteiger partial charge in [0.2, 0.25) is 0 Å². The van der Waals surface area contributed by atoms with Crippen molar-refractivity contribution in [2.75, 3.05) is 12.1 Å². The molecule has 1 aliphatic rings. The molecule has 4 unspecified atom stereocenters. The Morgan fingerprint density at radius 2 is 2.00 bits per heavy atom. The van der Waals surface area contributed by atoms with Crippen LogP contribution < -0.4 is 0 Å². The molecular formula is C16H28BFP2+2. The quantitative estimate of drug-likeness (QED) is 0.444. The molecule has 1 aliphatic carbocycles. The molecular weight excluding hydrogens is 284 g/mol. The van der Waals surface area contributed by atoms with Crippen molar-refractivity contribution in [1.29, 1.82) is 0 Å². The van der Waals surface area contributed by atoms with Crippen molar-refractivity contribution < 1.29 is 4.39 Å². The van der Waals surface area contributed by atoms with E-state index in [9.17, 15) is 4.39 Å². The van der Waals surface area contributed by atoms with Crippen LogP contribution in [0.3, 0.4) is 0 Å². The fraction of sp³-hybridized carbons (Fsp3) is 0.750. The number of halogens is 1. The molecule has 0 spiro atoms. The van der Waals surface area contributed by atoms with Crippen LogP contribution in [0.2, 0.25) is 5.82 Å². The summed E-state index contributed by atoms with van der Waals surface area (Å²) in [7, 11) is 5.42. The van der Waals surface area contributed by atoms with E-state index in [4.69, 9.17) is 7.85 Å². The van der Waals surface area contributed by atoms with Crippen LogP contribution in [-0.2, 0) is 0 Å². The Morgan fingerprint density at radius 1 is 1.45 bits per heavy atom. The van der Waals surface area contributed by atoms with E-state index in [-0.39, 0.29) is 31.5 Å². The summed E-state index contributed by atoms with van der Waals surface area (Å²) in [5.74, 6) is 0.652. The minimum Gasteiger partial charge on any atom is -0.212 e. The SMILES string of the molecule is [B]C1CC(C)(CC(C)(C)[P+](=C)C[P+](=C)CC)C(C)=C1F. The van der Waals surface area contributed by atoms with Gasteiger partial charge in [0, 0.05) is 6.42 Å². The molecule has 0 fully saturated rings. The molecule has 4 atom stereocenters. The minimum absolute atomic E-state index is 0.0929. The highest BCUT2D eigenvalue weighted by Gasteiger charge is 2.47. The average Bonchev–Trinajstić information content (AvgIpc) is 2.52. The topological polar surface area (TPSA) is 0 Å². The summed E-state index contributed by atoms with van der Waals surface area (Å²) >= 11 is 0. The second-order valence-electron chi connectivity index (χ2n) is 7.00. The molecule has 0 bridgehead atoms. The maximum Gasteiger partial charge on any atom is 0.252 e.